The van der Waals surface area contributed by atoms with Gasteiger partial charge in [-0.2, -0.15) is 0 Å². The van der Waals surface area contributed by atoms with Crippen LogP contribution in [0.2, 0.25) is 0 Å². The first-order valence-electron chi connectivity index (χ1n) is 11.1. The first-order valence-corrected chi connectivity index (χ1v) is 11.1. The van der Waals surface area contributed by atoms with E-state index in [1.807, 2.05) is 67.6 Å². The van der Waals surface area contributed by atoms with Crippen LogP contribution in [0, 0.1) is 24.7 Å². The number of imide groups is 1. The SMILES string of the molecule is Cc1ccc2c(c1)OC(=O)[C@@H]1C2=C[C@H](c2ccccc2)[C@@H]2C(=O)N(c3ccccc3)C(=O)[C@H]12. The van der Waals surface area contributed by atoms with Gasteiger partial charge >= 0.3 is 5.97 Å². The molecular formula is C28H21NO4. The molecule has 2 aliphatic heterocycles. The van der Waals surface area contributed by atoms with Gasteiger partial charge < -0.3 is 4.74 Å². The highest BCUT2D eigenvalue weighted by Gasteiger charge is 2.60. The van der Waals surface area contributed by atoms with Gasteiger partial charge in [0.15, 0.2) is 0 Å². The lowest BCUT2D eigenvalue weighted by molar-refractivity contribution is -0.142. The Bertz CT molecular complexity index is 1330. The maximum Gasteiger partial charge on any atom is 0.319 e. The maximum atomic E-state index is 13.8. The first-order chi connectivity index (χ1) is 16.0. The molecule has 1 fully saturated rings. The molecule has 4 atom stereocenters. The molecule has 3 aromatic rings. The number of carbonyl (C=O) groups excluding carboxylic acids is 3. The van der Waals surface area contributed by atoms with Crippen LogP contribution >= 0.6 is 0 Å². The van der Waals surface area contributed by atoms with Crippen molar-refractivity contribution in [1.29, 1.82) is 0 Å². The zero-order valence-electron chi connectivity index (χ0n) is 18.0. The molecule has 0 N–H and O–H groups in total. The molecule has 0 aromatic heterocycles. The van der Waals surface area contributed by atoms with Crippen molar-refractivity contribution < 1.29 is 19.1 Å². The van der Waals surface area contributed by atoms with Crippen LogP contribution in [0.3, 0.4) is 0 Å². The fourth-order valence-electron chi connectivity index (χ4n) is 5.50. The number of allylic oxidation sites excluding steroid dienone is 1. The van der Waals surface area contributed by atoms with E-state index in [1.54, 1.807) is 24.3 Å². The lowest BCUT2D eigenvalue weighted by Crippen LogP contribution is -2.42. The van der Waals surface area contributed by atoms with Gasteiger partial charge in [0, 0.05) is 11.5 Å². The van der Waals surface area contributed by atoms with Gasteiger partial charge in [-0.3, -0.25) is 14.4 Å². The number of rotatable bonds is 2. The number of carbonyl (C=O) groups is 3. The third kappa shape index (κ3) is 2.89. The third-order valence-electron chi connectivity index (χ3n) is 6.95. The Balaban J connectivity index is 1.56. The Morgan fingerprint density at radius 1 is 0.788 bits per heavy atom. The molecule has 2 amide bonds. The van der Waals surface area contributed by atoms with E-state index < -0.39 is 23.7 Å². The molecule has 3 aromatic carbocycles. The van der Waals surface area contributed by atoms with Gasteiger partial charge in [0.2, 0.25) is 11.8 Å². The summed E-state index contributed by atoms with van der Waals surface area (Å²) in [6.45, 7) is 1.94. The highest BCUT2D eigenvalue weighted by atomic mass is 16.5. The molecule has 1 aliphatic carbocycles. The number of para-hydroxylation sites is 1. The van der Waals surface area contributed by atoms with Crippen molar-refractivity contribution >= 4 is 29.0 Å². The van der Waals surface area contributed by atoms with Gasteiger partial charge in [0.25, 0.3) is 0 Å². The highest BCUT2D eigenvalue weighted by Crippen LogP contribution is 2.54. The van der Waals surface area contributed by atoms with E-state index in [2.05, 4.69) is 0 Å². The minimum atomic E-state index is -0.815. The number of nitrogens with zero attached hydrogens (tertiary/aromatic N) is 1. The zero-order chi connectivity index (χ0) is 22.7. The lowest BCUT2D eigenvalue weighted by Gasteiger charge is -2.38. The largest absolute Gasteiger partial charge is 0.425 e. The Morgan fingerprint density at radius 3 is 2.18 bits per heavy atom. The van der Waals surface area contributed by atoms with Crippen molar-refractivity contribution in [3.63, 3.8) is 0 Å². The van der Waals surface area contributed by atoms with E-state index in [-0.39, 0.29) is 17.7 Å². The van der Waals surface area contributed by atoms with Crippen LogP contribution < -0.4 is 9.64 Å². The first kappa shape index (κ1) is 19.7. The minimum Gasteiger partial charge on any atom is -0.425 e. The number of benzene rings is 3. The minimum absolute atomic E-state index is 0.275. The molecule has 5 heteroatoms. The Labute approximate surface area is 191 Å². The summed E-state index contributed by atoms with van der Waals surface area (Å²) >= 11 is 0. The van der Waals surface area contributed by atoms with Gasteiger partial charge in [-0.15, -0.1) is 0 Å². The molecular weight excluding hydrogens is 414 g/mol. The second kappa shape index (κ2) is 7.27. The Hall–Kier alpha value is -3.99. The van der Waals surface area contributed by atoms with Crippen molar-refractivity contribution in [2.24, 2.45) is 17.8 Å². The molecule has 1 saturated heterocycles. The Kier molecular flexibility index (Phi) is 4.34. The molecule has 6 rings (SSSR count). The van der Waals surface area contributed by atoms with E-state index in [1.165, 1.54) is 4.90 Å². The number of anilines is 1. The van der Waals surface area contributed by atoms with Crippen molar-refractivity contribution in [3.05, 3.63) is 102 Å². The van der Waals surface area contributed by atoms with E-state index in [4.69, 9.17) is 4.74 Å². The predicted molar refractivity (Wildman–Crippen MR) is 123 cm³/mol. The average molecular weight is 435 g/mol. The smallest absolute Gasteiger partial charge is 0.319 e. The summed E-state index contributed by atoms with van der Waals surface area (Å²) in [5.74, 6) is -3.22. The summed E-state index contributed by atoms with van der Waals surface area (Å²) in [7, 11) is 0. The summed E-state index contributed by atoms with van der Waals surface area (Å²) < 4.78 is 5.69. The molecule has 0 spiro atoms. The summed E-state index contributed by atoms with van der Waals surface area (Å²) in [4.78, 5) is 42.0. The van der Waals surface area contributed by atoms with Crippen LogP contribution in [0.1, 0.15) is 22.6 Å². The molecule has 3 aliphatic rings. The summed E-state index contributed by atoms with van der Waals surface area (Å²) in [6, 6.07) is 24.4. The topological polar surface area (TPSA) is 63.7 Å². The van der Waals surface area contributed by atoms with Crippen molar-refractivity contribution in [3.8, 4) is 5.75 Å². The predicted octanol–water partition coefficient (Wildman–Crippen LogP) is 4.52. The van der Waals surface area contributed by atoms with Gasteiger partial charge in [0.1, 0.15) is 5.75 Å². The van der Waals surface area contributed by atoms with E-state index in [0.29, 0.717) is 11.4 Å². The van der Waals surface area contributed by atoms with Crippen LogP contribution in [-0.4, -0.2) is 17.8 Å². The quantitative estimate of drug-likeness (QED) is 0.337. The van der Waals surface area contributed by atoms with Gasteiger partial charge in [-0.05, 0) is 41.8 Å². The van der Waals surface area contributed by atoms with Gasteiger partial charge in [0.05, 0.1) is 23.4 Å². The zero-order valence-corrected chi connectivity index (χ0v) is 18.0. The lowest BCUT2D eigenvalue weighted by atomic mass is 9.64. The summed E-state index contributed by atoms with van der Waals surface area (Å²) in [6.07, 6.45) is 2.01. The van der Waals surface area contributed by atoms with Crippen LogP contribution in [0.5, 0.6) is 5.75 Å². The number of ether oxygens (including phenoxy) is 1. The Morgan fingerprint density at radius 2 is 1.45 bits per heavy atom. The van der Waals surface area contributed by atoms with Crippen LogP contribution in [0.4, 0.5) is 5.69 Å². The maximum absolute atomic E-state index is 13.8. The van der Waals surface area contributed by atoms with E-state index in [0.717, 1.165) is 22.3 Å². The molecule has 0 radical (unpaired) electrons. The molecule has 162 valence electrons. The van der Waals surface area contributed by atoms with Crippen LogP contribution in [0.25, 0.3) is 5.57 Å². The van der Waals surface area contributed by atoms with Crippen molar-refractivity contribution in [1.82, 2.24) is 0 Å². The van der Waals surface area contributed by atoms with Gasteiger partial charge in [-0.1, -0.05) is 66.7 Å². The molecule has 0 unspecified atom stereocenters. The van der Waals surface area contributed by atoms with Crippen molar-refractivity contribution in [2.45, 2.75) is 12.8 Å². The number of fused-ring (bicyclic) bond motifs is 5. The van der Waals surface area contributed by atoms with E-state index in [9.17, 15) is 14.4 Å². The number of amides is 2. The molecule has 5 nitrogen and oxygen atoms in total. The third-order valence-corrected chi connectivity index (χ3v) is 6.95. The number of aryl methyl sites for hydroxylation is 1. The number of hydrogen-bond acceptors (Lipinski definition) is 4. The fraction of sp³-hybridized carbons (Fsp3) is 0.179. The standard InChI is InChI=1S/C28H21NO4/c1-16-12-13-19-21-15-20(17-8-4-2-5-9-17)23-25(24(21)28(32)33-22(19)14-16)27(31)29(26(23)30)18-10-6-3-7-11-18/h2-15,20,23-25H,1H3/t20-,23+,24-,25+/m1/s1. The number of esters is 1. The monoisotopic (exact) mass is 435 g/mol. The molecule has 2 heterocycles. The number of hydrogen-bond donors (Lipinski definition) is 0. The van der Waals surface area contributed by atoms with Crippen LogP contribution in [0.15, 0.2) is 84.9 Å². The summed E-state index contributed by atoms with van der Waals surface area (Å²) in [5.41, 5.74) is 4.03. The van der Waals surface area contributed by atoms with E-state index >= 15 is 0 Å². The fourth-order valence-corrected chi connectivity index (χ4v) is 5.50. The molecule has 0 bridgehead atoms. The highest BCUT2D eigenvalue weighted by molar-refractivity contribution is 6.24. The average Bonchev–Trinajstić information content (AvgIpc) is 3.09. The van der Waals surface area contributed by atoms with Gasteiger partial charge in [-0.25, -0.2) is 4.90 Å². The normalized spacial score (nSPS) is 25.7. The summed E-state index contributed by atoms with van der Waals surface area (Å²) in [5, 5.41) is 0. The molecule has 0 saturated carbocycles. The van der Waals surface area contributed by atoms with Crippen molar-refractivity contribution in [2.75, 3.05) is 4.90 Å². The second-order valence-electron chi connectivity index (χ2n) is 8.86. The van der Waals surface area contributed by atoms with Crippen LogP contribution in [-0.2, 0) is 14.4 Å². The second-order valence-corrected chi connectivity index (χ2v) is 8.86. The molecule has 33 heavy (non-hydrogen) atoms.